The Morgan fingerprint density at radius 1 is 0.941 bits per heavy atom. The molecule has 1 saturated heterocycles. The molecule has 0 unspecified atom stereocenters. The Labute approximate surface area is 196 Å². The number of nitrogens with zero attached hydrogens (tertiary/aromatic N) is 5. The lowest BCUT2D eigenvalue weighted by Gasteiger charge is -2.34. The first kappa shape index (κ1) is 22.2. The molecule has 7 nitrogen and oxygen atoms in total. The number of benzene rings is 2. The number of fused-ring (bicyclic) bond motifs is 1. The summed E-state index contributed by atoms with van der Waals surface area (Å²) in [4.78, 5) is 28.6. The van der Waals surface area contributed by atoms with E-state index in [9.17, 15) is 13.6 Å². The summed E-state index contributed by atoms with van der Waals surface area (Å²) in [5.74, 6) is -1.10. The molecule has 176 valence electrons. The molecule has 3 aromatic rings. The fourth-order valence-corrected chi connectivity index (χ4v) is 4.19. The molecule has 1 fully saturated rings. The first-order valence-corrected chi connectivity index (χ1v) is 11.3. The minimum Gasteiger partial charge on any atom is -0.438 e. The average molecular weight is 466 g/mol. The number of hydrogen-bond acceptors (Lipinski definition) is 6. The van der Waals surface area contributed by atoms with Crippen molar-refractivity contribution in [2.75, 3.05) is 44.7 Å². The van der Waals surface area contributed by atoms with Gasteiger partial charge in [-0.25, -0.2) is 13.8 Å². The SMILES string of the molecule is CN1CCN(c2nc3c(c(Oc4ccc(F)c(F)c4)n2)CN(C(=O)c2ccccc2)CC3)CC1. The minimum atomic E-state index is -0.999. The van der Waals surface area contributed by atoms with E-state index < -0.39 is 11.6 Å². The van der Waals surface area contributed by atoms with Crippen LogP contribution in [0.1, 0.15) is 21.6 Å². The second-order valence-electron chi connectivity index (χ2n) is 8.57. The Bertz CT molecular complexity index is 1200. The summed E-state index contributed by atoms with van der Waals surface area (Å²) >= 11 is 0. The highest BCUT2D eigenvalue weighted by Crippen LogP contribution is 2.32. The number of rotatable bonds is 4. The Hall–Kier alpha value is -3.59. The zero-order valence-electron chi connectivity index (χ0n) is 18.9. The van der Waals surface area contributed by atoms with Gasteiger partial charge in [-0.2, -0.15) is 4.98 Å². The van der Waals surface area contributed by atoms with Crippen LogP contribution in [0, 0.1) is 11.6 Å². The van der Waals surface area contributed by atoms with Crippen molar-refractivity contribution in [3.05, 3.63) is 77.0 Å². The van der Waals surface area contributed by atoms with Crippen molar-refractivity contribution < 1.29 is 18.3 Å². The van der Waals surface area contributed by atoms with Crippen LogP contribution in [-0.2, 0) is 13.0 Å². The molecule has 2 aromatic carbocycles. The van der Waals surface area contributed by atoms with Crippen molar-refractivity contribution in [1.29, 1.82) is 0 Å². The number of halogens is 2. The molecule has 0 saturated carbocycles. The van der Waals surface area contributed by atoms with E-state index in [1.807, 2.05) is 18.2 Å². The predicted molar refractivity (Wildman–Crippen MR) is 123 cm³/mol. The number of carbonyl (C=O) groups is 1. The summed E-state index contributed by atoms with van der Waals surface area (Å²) in [6.07, 6.45) is 0.547. The highest BCUT2D eigenvalue weighted by Gasteiger charge is 2.29. The van der Waals surface area contributed by atoms with Crippen molar-refractivity contribution in [2.45, 2.75) is 13.0 Å². The molecular weight excluding hydrogens is 440 g/mol. The number of carbonyl (C=O) groups excluding carboxylic acids is 1. The number of piperazine rings is 1. The van der Waals surface area contributed by atoms with E-state index in [0.717, 1.165) is 44.0 Å². The summed E-state index contributed by atoms with van der Waals surface area (Å²) in [5, 5.41) is 0. The number of anilines is 1. The lowest BCUT2D eigenvalue weighted by Crippen LogP contribution is -2.45. The lowest BCUT2D eigenvalue weighted by atomic mass is 10.1. The summed E-state index contributed by atoms with van der Waals surface area (Å²) in [6, 6.07) is 12.5. The predicted octanol–water partition coefficient (Wildman–Crippen LogP) is 3.50. The summed E-state index contributed by atoms with van der Waals surface area (Å²) in [5.41, 5.74) is 2.08. The van der Waals surface area contributed by atoms with E-state index in [1.54, 1.807) is 17.0 Å². The van der Waals surface area contributed by atoms with E-state index in [2.05, 4.69) is 21.8 Å². The van der Waals surface area contributed by atoms with Gasteiger partial charge in [0.2, 0.25) is 11.8 Å². The van der Waals surface area contributed by atoms with Crippen LogP contribution >= 0.6 is 0 Å². The smallest absolute Gasteiger partial charge is 0.254 e. The van der Waals surface area contributed by atoms with Gasteiger partial charge in [0, 0.05) is 50.8 Å². The van der Waals surface area contributed by atoms with E-state index >= 15 is 0 Å². The van der Waals surface area contributed by atoms with Gasteiger partial charge in [0.15, 0.2) is 11.6 Å². The molecule has 0 spiro atoms. The van der Waals surface area contributed by atoms with E-state index in [1.165, 1.54) is 6.07 Å². The molecule has 1 aromatic heterocycles. The molecule has 0 atom stereocenters. The number of likely N-dealkylation sites (N-methyl/N-ethyl adjacent to an activating group) is 1. The van der Waals surface area contributed by atoms with Gasteiger partial charge >= 0.3 is 0 Å². The van der Waals surface area contributed by atoms with Crippen LogP contribution in [0.4, 0.5) is 14.7 Å². The molecule has 0 radical (unpaired) electrons. The molecular formula is C25H25F2N5O2. The van der Waals surface area contributed by atoms with Gasteiger partial charge in [-0.1, -0.05) is 18.2 Å². The van der Waals surface area contributed by atoms with Crippen molar-refractivity contribution in [1.82, 2.24) is 19.8 Å². The van der Waals surface area contributed by atoms with E-state index in [0.29, 0.717) is 30.0 Å². The molecule has 5 rings (SSSR count). The molecule has 34 heavy (non-hydrogen) atoms. The van der Waals surface area contributed by atoms with Crippen LogP contribution < -0.4 is 9.64 Å². The maximum atomic E-state index is 13.8. The van der Waals surface area contributed by atoms with Crippen molar-refractivity contribution in [2.24, 2.45) is 0 Å². The maximum Gasteiger partial charge on any atom is 0.254 e. The van der Waals surface area contributed by atoms with Crippen LogP contribution in [0.25, 0.3) is 0 Å². The number of aromatic nitrogens is 2. The second-order valence-corrected chi connectivity index (χ2v) is 8.57. The van der Waals surface area contributed by atoms with Crippen molar-refractivity contribution in [3.63, 3.8) is 0 Å². The summed E-state index contributed by atoms with van der Waals surface area (Å²) in [7, 11) is 2.07. The van der Waals surface area contributed by atoms with Crippen LogP contribution in [-0.4, -0.2) is 65.4 Å². The molecule has 2 aliphatic rings. The number of hydrogen-bond donors (Lipinski definition) is 0. The normalized spacial score (nSPS) is 16.3. The van der Waals surface area contributed by atoms with Gasteiger partial charge in [0.1, 0.15) is 5.75 Å². The Morgan fingerprint density at radius 2 is 1.71 bits per heavy atom. The highest BCUT2D eigenvalue weighted by molar-refractivity contribution is 5.94. The molecule has 3 heterocycles. The van der Waals surface area contributed by atoms with Gasteiger partial charge < -0.3 is 19.4 Å². The van der Waals surface area contributed by atoms with Gasteiger partial charge in [-0.05, 0) is 31.3 Å². The number of amides is 1. The van der Waals surface area contributed by atoms with Crippen LogP contribution in [0.5, 0.6) is 11.6 Å². The molecule has 9 heteroatoms. The van der Waals surface area contributed by atoms with E-state index in [-0.39, 0.29) is 24.1 Å². The Morgan fingerprint density at radius 3 is 2.44 bits per heavy atom. The first-order chi connectivity index (χ1) is 16.5. The monoisotopic (exact) mass is 465 g/mol. The van der Waals surface area contributed by atoms with Crippen molar-refractivity contribution in [3.8, 4) is 11.6 Å². The number of ether oxygens (including phenoxy) is 1. The van der Waals surface area contributed by atoms with Crippen LogP contribution in [0.2, 0.25) is 0 Å². The summed E-state index contributed by atoms with van der Waals surface area (Å²) in [6.45, 7) is 4.12. The topological polar surface area (TPSA) is 61.8 Å². The zero-order valence-corrected chi connectivity index (χ0v) is 18.9. The first-order valence-electron chi connectivity index (χ1n) is 11.3. The lowest BCUT2D eigenvalue weighted by molar-refractivity contribution is 0.0732. The zero-order chi connectivity index (χ0) is 23.7. The largest absolute Gasteiger partial charge is 0.438 e. The van der Waals surface area contributed by atoms with Crippen LogP contribution in [0.3, 0.4) is 0 Å². The van der Waals surface area contributed by atoms with Gasteiger partial charge in [0.25, 0.3) is 5.91 Å². The third-order valence-corrected chi connectivity index (χ3v) is 6.21. The van der Waals surface area contributed by atoms with Gasteiger partial charge in [0.05, 0.1) is 17.8 Å². The van der Waals surface area contributed by atoms with Crippen molar-refractivity contribution >= 4 is 11.9 Å². The maximum absolute atomic E-state index is 13.8. The molecule has 0 aliphatic carbocycles. The summed E-state index contributed by atoms with van der Waals surface area (Å²) < 4.78 is 33.2. The molecule has 2 aliphatic heterocycles. The van der Waals surface area contributed by atoms with E-state index in [4.69, 9.17) is 9.72 Å². The third kappa shape index (κ3) is 4.56. The standard InChI is InChI=1S/C25H25F2N5O2/c1-30-11-13-31(14-12-30)25-28-22-9-10-32(24(33)17-5-3-2-4-6-17)16-19(22)23(29-25)34-18-7-8-20(26)21(27)15-18/h2-8,15H,9-14,16H2,1H3. The minimum absolute atomic E-state index is 0.0897. The van der Waals surface area contributed by atoms with Crippen LogP contribution in [0.15, 0.2) is 48.5 Å². The molecule has 1 amide bonds. The quantitative estimate of drug-likeness (QED) is 0.588. The molecule has 0 bridgehead atoms. The highest BCUT2D eigenvalue weighted by atomic mass is 19.2. The Balaban J connectivity index is 1.49. The fraction of sp³-hybridized carbons (Fsp3) is 0.320. The fourth-order valence-electron chi connectivity index (χ4n) is 4.19. The molecule has 0 N–H and O–H groups in total. The van der Waals surface area contributed by atoms with Gasteiger partial charge in [-0.3, -0.25) is 4.79 Å². The second kappa shape index (κ2) is 9.34. The third-order valence-electron chi connectivity index (χ3n) is 6.21. The average Bonchev–Trinajstić information content (AvgIpc) is 2.86. The Kier molecular flexibility index (Phi) is 6.10. The van der Waals surface area contributed by atoms with Gasteiger partial charge in [-0.15, -0.1) is 0 Å².